The van der Waals surface area contributed by atoms with Crippen molar-refractivity contribution in [1.29, 1.82) is 0 Å². The molecule has 0 N–H and O–H groups in total. The van der Waals surface area contributed by atoms with E-state index >= 15 is 0 Å². The molecule has 0 radical (unpaired) electrons. The van der Waals surface area contributed by atoms with Crippen LogP contribution in [0.25, 0.3) is 0 Å². The lowest BCUT2D eigenvalue weighted by molar-refractivity contribution is 0.263. The predicted octanol–water partition coefficient (Wildman–Crippen LogP) is 3.50. The number of hydrogen-bond acceptors (Lipinski definition) is 1. The number of aryl methyl sites for hydroxylation is 1. The minimum atomic E-state index is 0.844. The van der Waals surface area contributed by atoms with E-state index in [0.29, 0.717) is 0 Å². The van der Waals surface area contributed by atoms with Crippen molar-refractivity contribution in [3.05, 3.63) is 23.7 Å². The Balaban J connectivity index is 1.97. The molecule has 1 saturated carbocycles. The van der Waals surface area contributed by atoms with E-state index in [1.165, 1.54) is 49.8 Å². The van der Waals surface area contributed by atoms with Crippen molar-refractivity contribution in [1.82, 2.24) is 0 Å². The molecule has 2 aliphatic carbocycles. The van der Waals surface area contributed by atoms with E-state index < -0.39 is 0 Å². The van der Waals surface area contributed by atoms with E-state index in [2.05, 4.69) is 6.07 Å². The van der Waals surface area contributed by atoms with Gasteiger partial charge in [-0.3, -0.25) is 0 Å². The first kappa shape index (κ1) is 7.66. The molecule has 2 atom stereocenters. The second-order valence-corrected chi connectivity index (χ2v) is 4.49. The van der Waals surface area contributed by atoms with Gasteiger partial charge >= 0.3 is 0 Å². The summed E-state index contributed by atoms with van der Waals surface area (Å²) < 4.78 is 5.50. The second kappa shape index (κ2) is 2.90. The Morgan fingerprint density at radius 3 is 3.08 bits per heavy atom. The Labute approximate surface area is 79.1 Å². The van der Waals surface area contributed by atoms with Gasteiger partial charge in [0.25, 0.3) is 0 Å². The third kappa shape index (κ3) is 1.13. The summed E-state index contributed by atoms with van der Waals surface area (Å²) in [5, 5.41) is 0. The largest absolute Gasteiger partial charge is 0.469 e. The first-order chi connectivity index (χ1) is 6.45. The topological polar surface area (TPSA) is 13.1 Å². The van der Waals surface area contributed by atoms with Crippen LogP contribution in [0.1, 0.15) is 49.3 Å². The van der Waals surface area contributed by atoms with Crippen molar-refractivity contribution >= 4 is 0 Å². The zero-order valence-corrected chi connectivity index (χ0v) is 7.96. The first-order valence-electron chi connectivity index (χ1n) is 5.51. The van der Waals surface area contributed by atoms with E-state index in [9.17, 15) is 0 Å². The highest BCUT2D eigenvalue weighted by Gasteiger charge is 2.32. The average molecular weight is 176 g/mol. The van der Waals surface area contributed by atoms with Gasteiger partial charge in [-0.05, 0) is 42.7 Å². The lowest BCUT2D eigenvalue weighted by atomic mass is 9.70. The molecule has 1 aromatic rings. The van der Waals surface area contributed by atoms with Crippen molar-refractivity contribution in [2.24, 2.45) is 5.92 Å². The van der Waals surface area contributed by atoms with Crippen LogP contribution >= 0.6 is 0 Å². The molecule has 13 heavy (non-hydrogen) atoms. The minimum absolute atomic E-state index is 0.844. The molecule has 0 bridgehead atoms. The molecule has 1 nitrogen and oxygen atoms in total. The minimum Gasteiger partial charge on any atom is -0.469 e. The van der Waals surface area contributed by atoms with Crippen LogP contribution in [0.3, 0.4) is 0 Å². The molecular formula is C12H16O. The van der Waals surface area contributed by atoms with Gasteiger partial charge in [-0.15, -0.1) is 0 Å². The second-order valence-electron chi connectivity index (χ2n) is 4.49. The summed E-state index contributed by atoms with van der Waals surface area (Å²) in [7, 11) is 0. The summed E-state index contributed by atoms with van der Waals surface area (Å²) in [4.78, 5) is 0. The number of rotatable bonds is 0. The molecule has 2 unspecified atom stereocenters. The van der Waals surface area contributed by atoms with Crippen LogP contribution in [0.2, 0.25) is 0 Å². The van der Waals surface area contributed by atoms with E-state index in [1.807, 2.05) is 6.26 Å². The summed E-state index contributed by atoms with van der Waals surface area (Å²) >= 11 is 0. The van der Waals surface area contributed by atoms with Crippen LogP contribution in [-0.2, 0) is 6.42 Å². The van der Waals surface area contributed by atoms with Crippen LogP contribution in [0, 0.1) is 5.92 Å². The SMILES string of the molecule is c1cc2c(o1)CCC1CCCCC21. The molecular weight excluding hydrogens is 160 g/mol. The maximum Gasteiger partial charge on any atom is 0.107 e. The van der Waals surface area contributed by atoms with Crippen molar-refractivity contribution in [2.75, 3.05) is 0 Å². The number of hydrogen-bond donors (Lipinski definition) is 0. The third-order valence-corrected chi connectivity index (χ3v) is 3.83. The lowest BCUT2D eigenvalue weighted by Crippen LogP contribution is -2.22. The monoisotopic (exact) mass is 176 g/mol. The zero-order chi connectivity index (χ0) is 8.67. The predicted molar refractivity (Wildman–Crippen MR) is 51.7 cm³/mol. The third-order valence-electron chi connectivity index (χ3n) is 3.83. The highest BCUT2D eigenvalue weighted by Crippen LogP contribution is 2.45. The lowest BCUT2D eigenvalue weighted by Gasteiger charge is -2.34. The van der Waals surface area contributed by atoms with Crippen molar-refractivity contribution < 1.29 is 4.42 Å². The van der Waals surface area contributed by atoms with Gasteiger partial charge < -0.3 is 4.42 Å². The van der Waals surface area contributed by atoms with Gasteiger partial charge in [0.1, 0.15) is 5.76 Å². The molecule has 0 spiro atoms. The molecule has 0 aromatic carbocycles. The summed E-state index contributed by atoms with van der Waals surface area (Å²) in [6, 6.07) is 2.21. The Morgan fingerprint density at radius 2 is 2.08 bits per heavy atom. The summed E-state index contributed by atoms with van der Waals surface area (Å²) in [6.07, 6.45) is 10.2. The molecule has 2 aliphatic rings. The molecule has 1 aromatic heterocycles. The summed E-state index contributed by atoms with van der Waals surface area (Å²) in [6.45, 7) is 0. The number of fused-ring (bicyclic) bond motifs is 3. The van der Waals surface area contributed by atoms with Gasteiger partial charge in [0.2, 0.25) is 0 Å². The molecule has 70 valence electrons. The Bertz CT molecular complexity index is 300. The normalized spacial score (nSPS) is 32.3. The van der Waals surface area contributed by atoms with Crippen LogP contribution in [0.4, 0.5) is 0 Å². The van der Waals surface area contributed by atoms with Gasteiger partial charge in [-0.2, -0.15) is 0 Å². The van der Waals surface area contributed by atoms with Crippen LogP contribution in [-0.4, -0.2) is 0 Å². The smallest absolute Gasteiger partial charge is 0.107 e. The van der Waals surface area contributed by atoms with Crippen LogP contribution < -0.4 is 0 Å². The molecule has 0 aliphatic heterocycles. The fourth-order valence-corrected chi connectivity index (χ4v) is 3.16. The van der Waals surface area contributed by atoms with Crippen LogP contribution in [0.15, 0.2) is 16.7 Å². The van der Waals surface area contributed by atoms with Crippen molar-refractivity contribution in [2.45, 2.75) is 44.4 Å². The highest BCUT2D eigenvalue weighted by atomic mass is 16.3. The summed E-state index contributed by atoms with van der Waals surface area (Å²) in [5.41, 5.74) is 1.54. The van der Waals surface area contributed by atoms with E-state index in [-0.39, 0.29) is 0 Å². The van der Waals surface area contributed by atoms with Gasteiger partial charge in [0, 0.05) is 6.42 Å². The van der Waals surface area contributed by atoms with E-state index in [0.717, 1.165) is 11.8 Å². The van der Waals surface area contributed by atoms with E-state index in [1.54, 1.807) is 0 Å². The fraction of sp³-hybridized carbons (Fsp3) is 0.667. The van der Waals surface area contributed by atoms with Gasteiger partial charge in [-0.25, -0.2) is 0 Å². The first-order valence-corrected chi connectivity index (χ1v) is 5.51. The maximum absolute atomic E-state index is 5.50. The van der Waals surface area contributed by atoms with Gasteiger partial charge in [0.15, 0.2) is 0 Å². The Hall–Kier alpha value is -0.720. The Morgan fingerprint density at radius 1 is 1.15 bits per heavy atom. The van der Waals surface area contributed by atoms with E-state index in [4.69, 9.17) is 4.42 Å². The fourth-order valence-electron chi connectivity index (χ4n) is 3.16. The molecule has 0 amide bonds. The molecule has 3 rings (SSSR count). The Kier molecular flexibility index (Phi) is 1.71. The average Bonchev–Trinajstić information content (AvgIpc) is 2.65. The quantitative estimate of drug-likeness (QED) is 0.589. The van der Waals surface area contributed by atoms with Crippen molar-refractivity contribution in [3.8, 4) is 0 Å². The zero-order valence-electron chi connectivity index (χ0n) is 7.96. The molecule has 1 heterocycles. The highest BCUT2D eigenvalue weighted by molar-refractivity contribution is 5.26. The van der Waals surface area contributed by atoms with Gasteiger partial charge in [0.05, 0.1) is 6.26 Å². The molecule has 0 saturated heterocycles. The molecule has 1 heteroatoms. The van der Waals surface area contributed by atoms with Crippen LogP contribution in [0.5, 0.6) is 0 Å². The maximum atomic E-state index is 5.50. The van der Waals surface area contributed by atoms with Crippen molar-refractivity contribution in [3.63, 3.8) is 0 Å². The number of furan rings is 1. The molecule has 1 fully saturated rings. The van der Waals surface area contributed by atoms with Gasteiger partial charge in [-0.1, -0.05) is 12.8 Å². The standard InChI is InChI=1S/C12H16O/c1-2-4-10-9(3-1)5-6-12-11(10)7-8-13-12/h7-10H,1-6H2. The summed E-state index contributed by atoms with van der Waals surface area (Å²) in [5.74, 6) is 3.10.